The number of hydrogen-bond acceptors (Lipinski definition) is 5. The first-order chi connectivity index (χ1) is 14.2. The molecule has 1 aliphatic rings. The summed E-state index contributed by atoms with van der Waals surface area (Å²) in [5.41, 5.74) is 0.246. The van der Waals surface area contributed by atoms with E-state index in [0.717, 1.165) is 4.31 Å². The van der Waals surface area contributed by atoms with Gasteiger partial charge in [0.15, 0.2) is 0 Å². The molecule has 1 saturated heterocycles. The molecule has 0 unspecified atom stereocenters. The fourth-order valence-electron chi connectivity index (χ4n) is 3.22. The van der Waals surface area contributed by atoms with Crippen molar-refractivity contribution >= 4 is 39.3 Å². The summed E-state index contributed by atoms with van der Waals surface area (Å²) in [5, 5.41) is 2.85. The highest BCUT2D eigenvalue weighted by Gasteiger charge is 2.29. The number of carbonyl (C=O) groups excluding carboxylic acids is 2. The first-order valence-corrected chi connectivity index (χ1v) is 11.2. The number of piperidine rings is 1. The van der Waals surface area contributed by atoms with Crippen LogP contribution in [0.1, 0.15) is 23.2 Å². The Morgan fingerprint density at radius 3 is 2.47 bits per heavy atom. The van der Waals surface area contributed by atoms with Crippen LogP contribution in [0.25, 0.3) is 0 Å². The van der Waals surface area contributed by atoms with E-state index in [1.807, 2.05) is 0 Å². The smallest absolute Gasteiger partial charge is 0.253 e. The summed E-state index contributed by atoms with van der Waals surface area (Å²) in [6.07, 6.45) is 2.63. The number of pyridine rings is 1. The largest absolute Gasteiger partial charge is 0.339 e. The summed E-state index contributed by atoms with van der Waals surface area (Å²) in [7, 11) is -0.965. The minimum absolute atomic E-state index is 0.0603. The van der Waals surface area contributed by atoms with Crippen LogP contribution >= 0.6 is 11.6 Å². The average Bonchev–Trinajstić information content (AvgIpc) is 2.74. The van der Waals surface area contributed by atoms with Crippen LogP contribution in [0.15, 0.2) is 47.5 Å². The van der Waals surface area contributed by atoms with Gasteiger partial charge in [0, 0.05) is 44.9 Å². The molecule has 0 atom stereocenters. The number of nitrogens with zero attached hydrogens (tertiary/aromatic N) is 3. The Morgan fingerprint density at radius 2 is 1.87 bits per heavy atom. The summed E-state index contributed by atoms with van der Waals surface area (Å²) in [4.78, 5) is 30.9. The molecule has 8 nitrogen and oxygen atoms in total. The van der Waals surface area contributed by atoms with E-state index >= 15 is 0 Å². The zero-order chi connectivity index (χ0) is 21.9. The lowest BCUT2D eigenvalue weighted by Crippen LogP contribution is -2.41. The van der Waals surface area contributed by atoms with Gasteiger partial charge in [-0.15, -0.1) is 0 Å². The van der Waals surface area contributed by atoms with Crippen molar-refractivity contribution in [3.05, 3.63) is 53.2 Å². The Morgan fingerprint density at radius 1 is 1.17 bits per heavy atom. The molecule has 1 aliphatic heterocycles. The Kier molecular flexibility index (Phi) is 6.74. The third kappa shape index (κ3) is 4.80. The predicted molar refractivity (Wildman–Crippen MR) is 114 cm³/mol. The molecule has 0 aliphatic carbocycles. The SMILES string of the molecule is CN(C)S(=O)(=O)c1cc(C(=O)N2CCC(C(=O)Nc3ccccn3)CC2)ccc1Cl. The Labute approximate surface area is 180 Å². The highest BCUT2D eigenvalue weighted by Crippen LogP contribution is 2.26. The topological polar surface area (TPSA) is 99.7 Å². The van der Waals surface area contributed by atoms with E-state index in [9.17, 15) is 18.0 Å². The normalized spacial score (nSPS) is 15.3. The number of rotatable bonds is 5. The number of anilines is 1. The molecule has 2 heterocycles. The monoisotopic (exact) mass is 450 g/mol. The van der Waals surface area contributed by atoms with E-state index in [0.29, 0.717) is 31.7 Å². The molecule has 30 heavy (non-hydrogen) atoms. The maximum absolute atomic E-state index is 12.9. The van der Waals surface area contributed by atoms with Gasteiger partial charge in [0.2, 0.25) is 15.9 Å². The van der Waals surface area contributed by atoms with Crippen LogP contribution < -0.4 is 5.32 Å². The predicted octanol–water partition coefficient (Wildman–Crippen LogP) is 2.48. The second-order valence-electron chi connectivity index (χ2n) is 7.20. The van der Waals surface area contributed by atoms with Crippen molar-refractivity contribution in [1.82, 2.24) is 14.2 Å². The molecule has 1 fully saturated rings. The van der Waals surface area contributed by atoms with Crippen LogP contribution in [0.5, 0.6) is 0 Å². The summed E-state index contributed by atoms with van der Waals surface area (Å²) in [6.45, 7) is 0.801. The minimum atomic E-state index is -3.77. The van der Waals surface area contributed by atoms with E-state index < -0.39 is 10.0 Å². The highest BCUT2D eigenvalue weighted by atomic mass is 35.5. The van der Waals surface area contributed by atoms with Crippen molar-refractivity contribution in [2.24, 2.45) is 5.92 Å². The van der Waals surface area contributed by atoms with Crippen molar-refractivity contribution < 1.29 is 18.0 Å². The van der Waals surface area contributed by atoms with Crippen molar-refractivity contribution in [3.8, 4) is 0 Å². The Bertz CT molecular complexity index is 1040. The number of carbonyl (C=O) groups is 2. The lowest BCUT2D eigenvalue weighted by Gasteiger charge is -2.31. The summed E-state index contributed by atoms with van der Waals surface area (Å²) >= 11 is 6.06. The van der Waals surface area contributed by atoms with Crippen LogP contribution in [0.2, 0.25) is 5.02 Å². The molecule has 1 N–H and O–H groups in total. The molecule has 0 spiro atoms. The molecule has 0 radical (unpaired) electrons. The first-order valence-electron chi connectivity index (χ1n) is 9.43. The second-order valence-corrected chi connectivity index (χ2v) is 9.73. The number of amides is 2. The summed E-state index contributed by atoms with van der Waals surface area (Å²) < 4.78 is 25.9. The van der Waals surface area contributed by atoms with Gasteiger partial charge in [-0.25, -0.2) is 17.7 Å². The van der Waals surface area contributed by atoms with Gasteiger partial charge >= 0.3 is 0 Å². The number of halogens is 1. The lowest BCUT2D eigenvalue weighted by atomic mass is 9.95. The maximum atomic E-state index is 12.9. The molecular weight excluding hydrogens is 428 g/mol. The van der Waals surface area contributed by atoms with Gasteiger partial charge in [0.1, 0.15) is 10.7 Å². The second kappa shape index (κ2) is 9.11. The lowest BCUT2D eigenvalue weighted by molar-refractivity contribution is -0.121. The first kappa shape index (κ1) is 22.2. The standard InChI is InChI=1S/C20H23ClN4O4S/c1-24(2)30(28,29)17-13-15(6-7-16(17)21)20(27)25-11-8-14(9-12-25)19(26)23-18-5-3-4-10-22-18/h3-7,10,13-14H,8-9,11-12H2,1-2H3,(H,22,23,26). The van der Waals surface area contributed by atoms with E-state index in [1.54, 1.807) is 29.3 Å². The quantitative estimate of drug-likeness (QED) is 0.754. The molecule has 2 amide bonds. The van der Waals surface area contributed by atoms with Crippen LogP contribution in [-0.4, -0.2) is 61.6 Å². The van der Waals surface area contributed by atoms with Crippen LogP contribution in [-0.2, 0) is 14.8 Å². The fourth-order valence-corrected chi connectivity index (χ4v) is 4.62. The molecular formula is C20H23ClN4O4S. The maximum Gasteiger partial charge on any atom is 0.253 e. The van der Waals surface area contributed by atoms with Gasteiger partial charge in [0.05, 0.1) is 5.02 Å². The minimum Gasteiger partial charge on any atom is -0.339 e. The van der Waals surface area contributed by atoms with Gasteiger partial charge < -0.3 is 10.2 Å². The van der Waals surface area contributed by atoms with Gasteiger partial charge in [-0.2, -0.15) is 0 Å². The zero-order valence-electron chi connectivity index (χ0n) is 16.7. The van der Waals surface area contributed by atoms with E-state index in [-0.39, 0.29) is 33.2 Å². The van der Waals surface area contributed by atoms with E-state index in [1.165, 1.54) is 32.3 Å². The molecule has 2 aromatic rings. The highest BCUT2D eigenvalue weighted by molar-refractivity contribution is 7.89. The summed E-state index contributed by atoms with van der Waals surface area (Å²) in [5.74, 6) is -0.125. The molecule has 3 rings (SSSR count). The number of sulfonamides is 1. The molecule has 0 saturated carbocycles. The van der Waals surface area contributed by atoms with Gasteiger partial charge in [-0.1, -0.05) is 17.7 Å². The molecule has 0 bridgehead atoms. The van der Waals surface area contributed by atoms with Crippen molar-refractivity contribution in [1.29, 1.82) is 0 Å². The summed E-state index contributed by atoms with van der Waals surface area (Å²) in [6, 6.07) is 9.51. The van der Waals surface area contributed by atoms with Gasteiger partial charge in [0.25, 0.3) is 5.91 Å². The molecule has 160 valence electrons. The van der Waals surface area contributed by atoms with Crippen LogP contribution in [0, 0.1) is 5.92 Å². The fraction of sp³-hybridized carbons (Fsp3) is 0.350. The average molecular weight is 451 g/mol. The van der Waals surface area contributed by atoms with Crippen molar-refractivity contribution in [3.63, 3.8) is 0 Å². The Balaban J connectivity index is 1.66. The zero-order valence-corrected chi connectivity index (χ0v) is 18.3. The molecule has 10 heteroatoms. The van der Waals surface area contributed by atoms with Crippen LogP contribution in [0.4, 0.5) is 5.82 Å². The molecule has 1 aromatic carbocycles. The number of likely N-dealkylation sites (tertiary alicyclic amines) is 1. The number of hydrogen-bond donors (Lipinski definition) is 1. The number of benzene rings is 1. The number of aromatic nitrogens is 1. The van der Waals surface area contributed by atoms with Gasteiger partial charge in [-0.05, 0) is 43.2 Å². The van der Waals surface area contributed by atoms with E-state index in [4.69, 9.17) is 11.6 Å². The number of nitrogens with one attached hydrogen (secondary N) is 1. The van der Waals surface area contributed by atoms with Crippen molar-refractivity contribution in [2.45, 2.75) is 17.7 Å². The van der Waals surface area contributed by atoms with Gasteiger partial charge in [-0.3, -0.25) is 9.59 Å². The van der Waals surface area contributed by atoms with Crippen LogP contribution in [0.3, 0.4) is 0 Å². The Hall–Kier alpha value is -2.49. The third-order valence-electron chi connectivity index (χ3n) is 5.01. The van der Waals surface area contributed by atoms with Crippen molar-refractivity contribution in [2.75, 3.05) is 32.5 Å². The molecule has 1 aromatic heterocycles. The van der Waals surface area contributed by atoms with E-state index in [2.05, 4.69) is 10.3 Å². The third-order valence-corrected chi connectivity index (χ3v) is 7.30.